The second kappa shape index (κ2) is 10.5. The van der Waals surface area contributed by atoms with E-state index in [0.717, 1.165) is 30.6 Å². The number of carbonyl (C=O) groups excluding carboxylic acids is 2. The molecule has 2 amide bonds. The van der Waals surface area contributed by atoms with E-state index in [0.29, 0.717) is 24.0 Å². The van der Waals surface area contributed by atoms with Gasteiger partial charge in [0.25, 0.3) is 0 Å². The molecule has 3 aromatic rings. The SMILES string of the molecule is CNc1cc(Oc2ccc(N(OC(=O)C(F)(F)F)C(=O)Nc3cccc(C(F)(F)F)c3)cc2F)ncn1. The number of aromatic nitrogens is 2. The Labute approximate surface area is 202 Å². The van der Waals surface area contributed by atoms with E-state index in [1.54, 1.807) is 7.05 Å². The summed E-state index contributed by atoms with van der Waals surface area (Å²) in [5, 5.41) is 4.28. The Morgan fingerprint density at radius 2 is 1.70 bits per heavy atom. The fraction of sp³-hybridized carbons (Fsp3) is 0.143. The molecule has 0 saturated carbocycles. The first-order chi connectivity index (χ1) is 17.3. The first-order valence-electron chi connectivity index (χ1n) is 9.82. The van der Waals surface area contributed by atoms with Gasteiger partial charge in [-0.05, 0) is 30.3 Å². The van der Waals surface area contributed by atoms with Gasteiger partial charge in [0.05, 0.1) is 11.3 Å². The number of nitrogens with zero attached hydrogens (tertiary/aromatic N) is 3. The summed E-state index contributed by atoms with van der Waals surface area (Å²) in [6, 6.07) is 4.98. The summed E-state index contributed by atoms with van der Waals surface area (Å²) in [7, 11) is 1.54. The highest BCUT2D eigenvalue weighted by Crippen LogP contribution is 2.32. The molecule has 2 aromatic carbocycles. The standard InChI is InChI=1S/C21H14F7N5O4/c1-29-16-9-17(31-10-30-16)36-15-6-5-13(8-14(15)22)33(37-18(34)21(26,27)28)19(35)32-12-4-2-3-11(7-12)20(23,24)25/h2-10H,1H3,(H,32,35)(H,29,30,31). The summed E-state index contributed by atoms with van der Waals surface area (Å²) < 4.78 is 97.1. The Hall–Kier alpha value is -4.63. The highest BCUT2D eigenvalue weighted by molar-refractivity contribution is 6.01. The number of rotatable bonds is 5. The molecule has 0 spiro atoms. The van der Waals surface area contributed by atoms with E-state index >= 15 is 0 Å². The highest BCUT2D eigenvalue weighted by atomic mass is 19.4. The van der Waals surface area contributed by atoms with Gasteiger partial charge < -0.3 is 20.2 Å². The lowest BCUT2D eigenvalue weighted by Gasteiger charge is -2.22. The molecule has 9 nitrogen and oxygen atoms in total. The number of ether oxygens (including phenoxy) is 1. The minimum Gasteiger partial charge on any atom is -0.436 e. The summed E-state index contributed by atoms with van der Waals surface area (Å²) in [6.07, 6.45) is -9.25. The number of halogens is 7. The first kappa shape index (κ1) is 27.0. The zero-order valence-electron chi connectivity index (χ0n) is 18.3. The highest BCUT2D eigenvalue weighted by Gasteiger charge is 2.44. The van der Waals surface area contributed by atoms with Crippen molar-refractivity contribution < 1.29 is 49.9 Å². The molecule has 0 aliphatic rings. The fourth-order valence-electron chi connectivity index (χ4n) is 2.64. The van der Waals surface area contributed by atoms with Crippen LogP contribution in [0.3, 0.4) is 0 Å². The summed E-state index contributed by atoms with van der Waals surface area (Å²) in [6.45, 7) is 0. The van der Waals surface area contributed by atoms with Crippen molar-refractivity contribution in [1.82, 2.24) is 9.97 Å². The van der Waals surface area contributed by atoms with Crippen LogP contribution >= 0.6 is 0 Å². The lowest BCUT2D eigenvalue weighted by Crippen LogP contribution is -2.41. The van der Waals surface area contributed by atoms with Crippen LogP contribution in [0.25, 0.3) is 0 Å². The third-order valence-corrected chi connectivity index (χ3v) is 4.29. The molecule has 0 radical (unpaired) electrons. The average molecular weight is 533 g/mol. The molecule has 0 saturated heterocycles. The number of hydroxylamine groups is 1. The van der Waals surface area contributed by atoms with Crippen LogP contribution in [0.1, 0.15) is 5.56 Å². The number of carbonyl (C=O) groups is 2. The molecule has 0 bridgehead atoms. The maximum Gasteiger partial charge on any atom is 0.493 e. The number of benzene rings is 2. The topological polar surface area (TPSA) is 106 Å². The lowest BCUT2D eigenvalue weighted by atomic mass is 10.2. The molecule has 3 rings (SSSR count). The van der Waals surface area contributed by atoms with Crippen molar-refractivity contribution in [3.05, 3.63) is 66.2 Å². The van der Waals surface area contributed by atoms with Gasteiger partial charge in [0, 0.05) is 24.9 Å². The van der Waals surface area contributed by atoms with Crippen LogP contribution in [0.4, 0.5) is 52.7 Å². The second-order valence-corrected chi connectivity index (χ2v) is 6.89. The molecule has 2 N–H and O–H groups in total. The predicted octanol–water partition coefficient (Wildman–Crippen LogP) is 5.53. The van der Waals surface area contributed by atoms with Gasteiger partial charge in [0.2, 0.25) is 5.88 Å². The summed E-state index contributed by atoms with van der Waals surface area (Å²) in [5.74, 6) is -4.35. The lowest BCUT2D eigenvalue weighted by molar-refractivity contribution is -0.199. The minimum atomic E-state index is -5.56. The number of hydrogen-bond acceptors (Lipinski definition) is 7. The maximum absolute atomic E-state index is 14.7. The minimum absolute atomic E-state index is 0.117. The molecule has 0 aliphatic heterocycles. The predicted molar refractivity (Wildman–Crippen MR) is 113 cm³/mol. The Bertz CT molecular complexity index is 1300. The molecule has 0 fully saturated rings. The Morgan fingerprint density at radius 3 is 2.32 bits per heavy atom. The van der Waals surface area contributed by atoms with E-state index in [9.17, 15) is 40.3 Å². The third-order valence-electron chi connectivity index (χ3n) is 4.29. The number of hydrogen-bond donors (Lipinski definition) is 2. The van der Waals surface area contributed by atoms with Crippen molar-refractivity contribution in [2.75, 3.05) is 22.7 Å². The van der Waals surface area contributed by atoms with E-state index < -0.39 is 52.9 Å². The van der Waals surface area contributed by atoms with Crippen molar-refractivity contribution in [3.8, 4) is 11.6 Å². The van der Waals surface area contributed by atoms with Crippen LogP contribution in [0.15, 0.2) is 54.9 Å². The van der Waals surface area contributed by atoms with E-state index in [4.69, 9.17) is 4.74 Å². The monoisotopic (exact) mass is 533 g/mol. The van der Waals surface area contributed by atoms with Gasteiger partial charge in [-0.3, -0.25) is 0 Å². The number of anilines is 3. The Balaban J connectivity index is 1.90. The van der Waals surface area contributed by atoms with Gasteiger partial charge in [-0.2, -0.15) is 26.3 Å². The third kappa shape index (κ3) is 6.96. The van der Waals surface area contributed by atoms with Crippen LogP contribution in [-0.4, -0.2) is 35.2 Å². The van der Waals surface area contributed by atoms with Gasteiger partial charge in [0.1, 0.15) is 12.1 Å². The second-order valence-electron chi connectivity index (χ2n) is 6.89. The van der Waals surface area contributed by atoms with Crippen LogP contribution in [0, 0.1) is 5.82 Å². The Kier molecular flexibility index (Phi) is 7.69. The van der Waals surface area contributed by atoms with Crippen molar-refractivity contribution in [2.24, 2.45) is 0 Å². The van der Waals surface area contributed by atoms with Gasteiger partial charge in [-0.1, -0.05) is 6.07 Å². The number of nitrogens with one attached hydrogen (secondary N) is 2. The number of amides is 2. The van der Waals surface area contributed by atoms with E-state index in [1.165, 1.54) is 6.07 Å². The maximum atomic E-state index is 14.7. The van der Waals surface area contributed by atoms with Crippen LogP contribution in [-0.2, 0) is 15.8 Å². The van der Waals surface area contributed by atoms with Gasteiger partial charge >= 0.3 is 24.4 Å². The largest absolute Gasteiger partial charge is 0.493 e. The molecule has 0 atom stereocenters. The number of urea groups is 1. The van der Waals surface area contributed by atoms with Crippen LogP contribution in [0.2, 0.25) is 0 Å². The zero-order chi connectivity index (χ0) is 27.4. The zero-order valence-corrected chi connectivity index (χ0v) is 18.3. The normalized spacial score (nSPS) is 11.5. The smallest absolute Gasteiger partial charge is 0.436 e. The van der Waals surface area contributed by atoms with Gasteiger partial charge in [-0.15, -0.1) is 5.06 Å². The molecular formula is C21H14F7N5O4. The van der Waals surface area contributed by atoms with Crippen molar-refractivity contribution in [2.45, 2.75) is 12.4 Å². The quantitative estimate of drug-likeness (QED) is 0.328. The molecule has 0 unspecified atom stereocenters. The summed E-state index contributed by atoms with van der Waals surface area (Å²) in [4.78, 5) is 35.7. The van der Waals surface area contributed by atoms with E-state index in [-0.39, 0.29) is 10.9 Å². The Morgan fingerprint density at radius 1 is 0.973 bits per heavy atom. The van der Waals surface area contributed by atoms with Crippen molar-refractivity contribution in [3.63, 3.8) is 0 Å². The molecule has 1 aromatic heterocycles. The van der Waals surface area contributed by atoms with Crippen LogP contribution in [0.5, 0.6) is 11.6 Å². The molecular weight excluding hydrogens is 519 g/mol. The van der Waals surface area contributed by atoms with Crippen molar-refractivity contribution >= 4 is 29.2 Å². The summed E-state index contributed by atoms with van der Waals surface area (Å²) >= 11 is 0. The molecule has 1 heterocycles. The number of alkyl halides is 6. The summed E-state index contributed by atoms with van der Waals surface area (Å²) in [5.41, 5.74) is -2.41. The first-order valence-corrected chi connectivity index (χ1v) is 9.82. The van der Waals surface area contributed by atoms with E-state index in [1.807, 2.05) is 5.32 Å². The van der Waals surface area contributed by atoms with E-state index in [2.05, 4.69) is 20.1 Å². The van der Waals surface area contributed by atoms with Gasteiger partial charge in [0.15, 0.2) is 11.6 Å². The molecule has 37 heavy (non-hydrogen) atoms. The fourth-order valence-corrected chi connectivity index (χ4v) is 2.64. The average Bonchev–Trinajstić information content (AvgIpc) is 2.82. The van der Waals surface area contributed by atoms with Crippen LogP contribution < -0.4 is 20.4 Å². The van der Waals surface area contributed by atoms with Gasteiger partial charge in [-0.25, -0.2) is 23.9 Å². The molecule has 16 heteroatoms. The molecule has 196 valence electrons. The van der Waals surface area contributed by atoms with Crippen molar-refractivity contribution in [1.29, 1.82) is 0 Å². The molecule has 0 aliphatic carbocycles.